The lowest BCUT2D eigenvalue weighted by Crippen LogP contribution is -2.34. The monoisotopic (exact) mass is 422 g/mol. The summed E-state index contributed by atoms with van der Waals surface area (Å²) in [6, 6.07) is 8.53. The number of rotatable bonds is 5. The van der Waals surface area contributed by atoms with Gasteiger partial charge in [0.05, 0.1) is 9.79 Å². The van der Waals surface area contributed by atoms with E-state index in [0.29, 0.717) is 0 Å². The van der Waals surface area contributed by atoms with E-state index in [1.54, 1.807) is 6.07 Å². The van der Waals surface area contributed by atoms with Crippen LogP contribution in [0.5, 0.6) is 0 Å². The molecular formula is C17H14N2O7S2. The van der Waals surface area contributed by atoms with Crippen molar-refractivity contribution >= 4 is 31.8 Å². The number of sulfone groups is 1. The molecule has 146 valence electrons. The molecule has 3 rings (SSSR count). The first-order valence-corrected chi connectivity index (χ1v) is 10.7. The number of hydroxylamine groups is 2. The highest BCUT2D eigenvalue weighted by molar-refractivity contribution is 7.91. The molecule has 11 heteroatoms. The van der Waals surface area contributed by atoms with Crippen LogP contribution in [0.3, 0.4) is 0 Å². The first-order chi connectivity index (χ1) is 13.1. The van der Waals surface area contributed by atoms with Gasteiger partial charge in [-0.2, -0.15) is 8.42 Å². The van der Waals surface area contributed by atoms with Crippen LogP contribution in [0.4, 0.5) is 0 Å². The summed E-state index contributed by atoms with van der Waals surface area (Å²) in [6.45, 7) is 2.76. The van der Waals surface area contributed by atoms with Crippen molar-refractivity contribution in [1.82, 2.24) is 10.0 Å². The number of benzene rings is 1. The minimum atomic E-state index is -4.54. The third-order valence-electron chi connectivity index (χ3n) is 4.08. The Morgan fingerprint density at radius 3 is 1.86 bits per heavy atom. The minimum absolute atomic E-state index is 0.0806. The summed E-state index contributed by atoms with van der Waals surface area (Å²) in [5, 5.41) is -0.0226. The Kier molecular flexibility index (Phi) is 4.91. The number of aromatic nitrogens is 1. The molecule has 0 saturated heterocycles. The summed E-state index contributed by atoms with van der Waals surface area (Å²) in [7, 11) is -8.46. The topological polar surface area (TPSA) is 128 Å². The zero-order valence-electron chi connectivity index (χ0n) is 14.7. The number of hydrogen-bond donors (Lipinski definition) is 0. The molecule has 0 fully saturated rings. The van der Waals surface area contributed by atoms with Gasteiger partial charge in [-0.3, -0.25) is 9.59 Å². The molecule has 0 saturated carbocycles. The van der Waals surface area contributed by atoms with Gasteiger partial charge < -0.3 is 0 Å². The summed E-state index contributed by atoms with van der Waals surface area (Å²) in [5.74, 6) is -1.75. The zero-order valence-corrected chi connectivity index (χ0v) is 16.3. The van der Waals surface area contributed by atoms with Crippen LogP contribution in [-0.4, -0.2) is 38.7 Å². The van der Waals surface area contributed by atoms with Gasteiger partial charge in [0.1, 0.15) is 0 Å². The largest absolute Gasteiger partial charge is 0.318 e. The number of amides is 2. The van der Waals surface area contributed by atoms with E-state index >= 15 is 0 Å². The first kappa shape index (κ1) is 19.9. The van der Waals surface area contributed by atoms with Crippen molar-refractivity contribution in [3.8, 4) is 0 Å². The molecule has 1 aromatic carbocycles. The molecule has 1 aliphatic heterocycles. The smallest absolute Gasteiger partial charge is 0.267 e. The third kappa shape index (κ3) is 3.35. The summed E-state index contributed by atoms with van der Waals surface area (Å²) < 4.78 is 54.4. The van der Waals surface area contributed by atoms with Gasteiger partial charge in [-0.1, -0.05) is 6.07 Å². The fraction of sp³-hybridized carbons (Fsp3) is 0.118. The second-order valence-corrected chi connectivity index (χ2v) is 9.25. The summed E-state index contributed by atoms with van der Waals surface area (Å²) in [4.78, 5) is 27.1. The van der Waals surface area contributed by atoms with Crippen LogP contribution in [0.15, 0.2) is 74.6 Å². The van der Waals surface area contributed by atoms with E-state index in [0.717, 1.165) is 24.3 Å². The molecule has 28 heavy (non-hydrogen) atoms. The Labute approximate surface area is 161 Å². The summed E-state index contributed by atoms with van der Waals surface area (Å²) in [6.07, 6.45) is 1.32. The first-order valence-electron chi connectivity index (χ1n) is 7.83. The van der Waals surface area contributed by atoms with Gasteiger partial charge in [-0.15, -0.1) is 9.35 Å². The Morgan fingerprint density at radius 2 is 1.36 bits per heavy atom. The number of carbonyl (C=O) groups is 2. The molecule has 0 spiro atoms. The molecule has 9 nitrogen and oxygen atoms in total. The lowest BCUT2D eigenvalue weighted by molar-refractivity contribution is -0.162. The SMILES string of the molecule is CC1=C(C)C(=O)N(OS(=O)(=O)c2ccc(S(=O)(=O)c3ccccn3)cc2)C1=O. The third-order valence-corrected chi connectivity index (χ3v) is 6.96. The fourth-order valence-corrected chi connectivity index (χ4v) is 4.42. The van der Waals surface area contributed by atoms with E-state index in [1.807, 2.05) is 0 Å². The minimum Gasteiger partial charge on any atom is -0.267 e. The molecule has 0 radical (unpaired) electrons. The van der Waals surface area contributed by atoms with Gasteiger partial charge in [0, 0.05) is 17.3 Å². The highest BCUT2D eigenvalue weighted by atomic mass is 32.2. The Hall–Kier alpha value is -2.89. The normalized spacial score (nSPS) is 15.4. The molecule has 0 bridgehead atoms. The molecule has 2 heterocycles. The molecule has 1 aromatic heterocycles. The summed E-state index contributed by atoms with van der Waals surface area (Å²) in [5.41, 5.74) is 0.161. The van der Waals surface area contributed by atoms with Crippen LogP contribution in [0.25, 0.3) is 0 Å². The maximum absolute atomic E-state index is 12.5. The second kappa shape index (κ2) is 6.93. The van der Waals surface area contributed by atoms with Gasteiger partial charge in [0.25, 0.3) is 11.8 Å². The molecule has 0 unspecified atom stereocenters. The van der Waals surface area contributed by atoms with E-state index in [4.69, 9.17) is 0 Å². The molecule has 0 atom stereocenters. The quantitative estimate of drug-likeness (QED) is 0.659. The van der Waals surface area contributed by atoms with Crippen LogP contribution in [0.1, 0.15) is 13.8 Å². The van der Waals surface area contributed by atoms with Gasteiger partial charge in [0.2, 0.25) is 9.84 Å². The van der Waals surface area contributed by atoms with Crippen molar-refractivity contribution in [1.29, 1.82) is 0 Å². The number of pyridine rings is 1. The Morgan fingerprint density at radius 1 is 0.821 bits per heavy atom. The van der Waals surface area contributed by atoms with Gasteiger partial charge >= 0.3 is 10.1 Å². The number of hydrogen-bond acceptors (Lipinski definition) is 8. The van der Waals surface area contributed by atoms with Crippen LogP contribution in [0.2, 0.25) is 0 Å². The van der Waals surface area contributed by atoms with E-state index in [2.05, 4.69) is 9.27 Å². The van der Waals surface area contributed by atoms with Crippen molar-refractivity contribution in [2.45, 2.75) is 28.7 Å². The van der Waals surface area contributed by atoms with Crippen LogP contribution in [0, 0.1) is 0 Å². The highest BCUT2D eigenvalue weighted by Crippen LogP contribution is 2.25. The van der Waals surface area contributed by atoms with Gasteiger partial charge in [0.15, 0.2) is 5.03 Å². The standard InChI is InChI=1S/C17H14N2O7S2/c1-11-12(2)17(21)19(16(11)20)26-28(24,25)14-8-6-13(7-9-14)27(22,23)15-5-3-4-10-18-15/h3-10H,1-2H3. The average molecular weight is 422 g/mol. The molecular weight excluding hydrogens is 408 g/mol. The molecule has 2 aromatic rings. The lowest BCUT2D eigenvalue weighted by Gasteiger charge is -2.14. The molecule has 0 aliphatic carbocycles. The maximum Gasteiger partial charge on any atom is 0.318 e. The summed E-state index contributed by atoms with van der Waals surface area (Å²) >= 11 is 0. The van der Waals surface area contributed by atoms with Crippen LogP contribution in [-0.2, 0) is 33.8 Å². The van der Waals surface area contributed by atoms with Crippen molar-refractivity contribution in [2.75, 3.05) is 0 Å². The second-order valence-electron chi connectivity index (χ2n) is 5.83. The number of carbonyl (C=O) groups excluding carboxylic acids is 2. The van der Waals surface area contributed by atoms with E-state index in [-0.39, 0.29) is 26.1 Å². The number of imide groups is 1. The van der Waals surface area contributed by atoms with Gasteiger partial charge in [-0.05, 0) is 50.2 Å². The van der Waals surface area contributed by atoms with Crippen LogP contribution >= 0.6 is 0 Å². The Balaban J connectivity index is 1.87. The zero-order chi connectivity index (χ0) is 20.7. The average Bonchev–Trinajstić information content (AvgIpc) is 2.86. The van der Waals surface area contributed by atoms with Crippen molar-refractivity contribution in [3.05, 3.63) is 59.8 Å². The van der Waals surface area contributed by atoms with Crippen molar-refractivity contribution in [3.63, 3.8) is 0 Å². The van der Waals surface area contributed by atoms with Gasteiger partial charge in [-0.25, -0.2) is 13.4 Å². The van der Waals surface area contributed by atoms with E-state index < -0.39 is 36.7 Å². The van der Waals surface area contributed by atoms with Crippen molar-refractivity contribution < 1.29 is 30.7 Å². The molecule has 0 N–H and O–H groups in total. The molecule has 1 aliphatic rings. The lowest BCUT2D eigenvalue weighted by atomic mass is 10.2. The number of nitrogens with zero attached hydrogens (tertiary/aromatic N) is 2. The van der Waals surface area contributed by atoms with Crippen LogP contribution < -0.4 is 0 Å². The van der Waals surface area contributed by atoms with Crippen molar-refractivity contribution in [2.24, 2.45) is 0 Å². The van der Waals surface area contributed by atoms with E-state index in [1.165, 1.54) is 32.2 Å². The highest BCUT2D eigenvalue weighted by Gasteiger charge is 2.38. The van der Waals surface area contributed by atoms with E-state index in [9.17, 15) is 26.4 Å². The predicted molar refractivity (Wildman–Crippen MR) is 94.6 cm³/mol. The fourth-order valence-electron chi connectivity index (χ4n) is 2.34. The predicted octanol–water partition coefficient (Wildman–Crippen LogP) is 1.24. The maximum atomic E-state index is 12.5. The molecule has 2 amide bonds. The Bertz CT molecular complexity index is 1180.